The van der Waals surface area contributed by atoms with Gasteiger partial charge in [-0.15, -0.1) is 0 Å². The summed E-state index contributed by atoms with van der Waals surface area (Å²) in [4.78, 5) is 12.5. The molecule has 4 aliphatic carbocycles. The summed E-state index contributed by atoms with van der Waals surface area (Å²) in [5, 5.41) is 10.1. The monoisotopic (exact) mass is 330 g/mol. The molecule has 134 valence electrons. The van der Waals surface area contributed by atoms with E-state index >= 15 is 0 Å². The number of aliphatic hydroxyl groups is 1. The fourth-order valence-corrected chi connectivity index (χ4v) is 7.56. The Morgan fingerprint density at radius 1 is 1.04 bits per heavy atom. The zero-order valence-electron chi connectivity index (χ0n) is 15.9. The van der Waals surface area contributed by atoms with Gasteiger partial charge in [0.2, 0.25) is 0 Å². The van der Waals surface area contributed by atoms with Crippen molar-refractivity contribution in [3.05, 3.63) is 11.6 Å². The third-order valence-electron chi connectivity index (χ3n) is 9.47. The van der Waals surface area contributed by atoms with Crippen LogP contribution in [0.15, 0.2) is 11.6 Å². The van der Waals surface area contributed by atoms with Gasteiger partial charge in [-0.1, -0.05) is 32.4 Å². The summed E-state index contributed by atoms with van der Waals surface area (Å²) in [7, 11) is 0. The Hall–Kier alpha value is -0.630. The van der Waals surface area contributed by atoms with Crippen molar-refractivity contribution in [2.75, 3.05) is 0 Å². The maximum Gasteiger partial charge on any atom is 0.136 e. The minimum atomic E-state index is -0.217. The lowest BCUT2D eigenvalue weighted by Gasteiger charge is -2.59. The van der Waals surface area contributed by atoms with Crippen LogP contribution in [-0.4, -0.2) is 17.0 Å². The van der Waals surface area contributed by atoms with Crippen molar-refractivity contribution in [3.8, 4) is 0 Å². The largest absolute Gasteiger partial charge is 0.389 e. The van der Waals surface area contributed by atoms with Crippen LogP contribution < -0.4 is 0 Å². The van der Waals surface area contributed by atoms with Crippen LogP contribution in [0, 0.1) is 34.0 Å². The van der Waals surface area contributed by atoms with Crippen LogP contribution in [0.2, 0.25) is 0 Å². The van der Waals surface area contributed by atoms with Gasteiger partial charge in [0.05, 0.1) is 6.10 Å². The Morgan fingerprint density at radius 2 is 1.75 bits per heavy atom. The first-order chi connectivity index (χ1) is 11.2. The molecule has 0 saturated heterocycles. The standard InChI is InChI=1S/C22H34O2/c1-14(23)21(3)11-9-19-17-6-5-15-13-16(24)7-10-20(15,2)18(17)8-12-22(19,21)4/h13,16-19,24H,5-12H2,1-4H3/t16?,17?,18?,19?,20-,21+,22-/m0/s1. The number of allylic oxidation sites excluding steroid dienone is 1. The summed E-state index contributed by atoms with van der Waals surface area (Å²) in [5.41, 5.74) is 1.94. The van der Waals surface area contributed by atoms with Crippen LogP contribution in [-0.2, 0) is 4.79 Å². The highest BCUT2D eigenvalue weighted by atomic mass is 16.3. The second-order valence-electron chi connectivity index (χ2n) is 10.0. The first-order valence-corrected chi connectivity index (χ1v) is 10.1. The number of rotatable bonds is 1. The molecule has 7 atom stereocenters. The topological polar surface area (TPSA) is 37.3 Å². The van der Waals surface area contributed by atoms with Crippen LogP contribution in [0.5, 0.6) is 0 Å². The molecule has 3 fully saturated rings. The van der Waals surface area contributed by atoms with Crippen molar-refractivity contribution >= 4 is 5.78 Å². The molecule has 2 nitrogen and oxygen atoms in total. The van der Waals surface area contributed by atoms with Gasteiger partial charge >= 0.3 is 0 Å². The molecule has 3 saturated carbocycles. The Balaban J connectivity index is 1.69. The van der Waals surface area contributed by atoms with Gasteiger partial charge in [-0.05, 0) is 86.9 Å². The number of carbonyl (C=O) groups excluding carboxylic acids is 1. The summed E-state index contributed by atoms with van der Waals surface area (Å²) >= 11 is 0. The molecule has 1 N–H and O–H groups in total. The zero-order valence-corrected chi connectivity index (χ0v) is 15.9. The molecule has 4 aliphatic rings. The summed E-state index contributed by atoms with van der Waals surface area (Å²) in [6, 6.07) is 0. The molecule has 0 aromatic rings. The average Bonchev–Trinajstić information content (AvgIpc) is 2.81. The highest BCUT2D eigenvalue weighted by Gasteiger charge is 2.63. The van der Waals surface area contributed by atoms with Crippen LogP contribution in [0.3, 0.4) is 0 Å². The number of hydrogen-bond acceptors (Lipinski definition) is 2. The Labute approximate surface area is 147 Å². The molecule has 0 aromatic heterocycles. The lowest BCUT2D eigenvalue weighted by Crippen LogP contribution is -2.53. The third kappa shape index (κ3) is 1.95. The quantitative estimate of drug-likeness (QED) is 0.694. The van der Waals surface area contributed by atoms with E-state index in [0.717, 1.165) is 43.4 Å². The second-order valence-corrected chi connectivity index (χ2v) is 10.0. The van der Waals surface area contributed by atoms with E-state index < -0.39 is 0 Å². The van der Waals surface area contributed by atoms with Crippen molar-refractivity contribution in [2.24, 2.45) is 34.0 Å². The SMILES string of the molecule is CC(=O)[C@@]1(C)CCC2C3CCC4=CC(O)CC[C@]4(C)C3CC[C@@]21C. The van der Waals surface area contributed by atoms with Crippen molar-refractivity contribution in [1.82, 2.24) is 0 Å². The Morgan fingerprint density at radius 3 is 2.46 bits per heavy atom. The zero-order chi connectivity index (χ0) is 17.3. The van der Waals surface area contributed by atoms with Crippen molar-refractivity contribution < 1.29 is 9.90 Å². The molecule has 0 radical (unpaired) electrons. The number of hydrogen-bond donors (Lipinski definition) is 1. The molecule has 2 heteroatoms. The van der Waals surface area contributed by atoms with E-state index in [1.807, 2.05) is 6.92 Å². The van der Waals surface area contributed by atoms with E-state index in [2.05, 4.69) is 26.8 Å². The van der Waals surface area contributed by atoms with E-state index in [4.69, 9.17) is 0 Å². The number of Topliss-reactive ketones (excluding diaryl/α,β-unsaturated/α-hetero) is 1. The van der Waals surface area contributed by atoms with E-state index in [-0.39, 0.29) is 16.9 Å². The maximum absolute atomic E-state index is 12.5. The van der Waals surface area contributed by atoms with Gasteiger partial charge in [-0.2, -0.15) is 0 Å². The number of fused-ring (bicyclic) bond motifs is 5. The van der Waals surface area contributed by atoms with Gasteiger partial charge in [-0.3, -0.25) is 4.79 Å². The van der Waals surface area contributed by atoms with Crippen LogP contribution in [0.25, 0.3) is 0 Å². The lowest BCUT2D eigenvalue weighted by atomic mass is 9.45. The number of ketones is 1. The molecule has 4 unspecified atom stereocenters. The molecule has 24 heavy (non-hydrogen) atoms. The van der Waals surface area contributed by atoms with Crippen molar-refractivity contribution in [2.45, 2.75) is 85.2 Å². The fraction of sp³-hybridized carbons (Fsp3) is 0.864. The van der Waals surface area contributed by atoms with Crippen LogP contribution >= 0.6 is 0 Å². The average molecular weight is 331 g/mol. The first-order valence-electron chi connectivity index (χ1n) is 10.1. The van der Waals surface area contributed by atoms with E-state index in [0.29, 0.717) is 11.2 Å². The van der Waals surface area contributed by atoms with Gasteiger partial charge in [0.1, 0.15) is 5.78 Å². The minimum Gasteiger partial charge on any atom is -0.389 e. The normalized spacial score (nSPS) is 53.6. The van der Waals surface area contributed by atoms with Gasteiger partial charge in [0, 0.05) is 5.41 Å². The van der Waals surface area contributed by atoms with Gasteiger partial charge in [0.25, 0.3) is 0 Å². The summed E-state index contributed by atoms with van der Waals surface area (Å²) in [5.74, 6) is 2.67. The molecule has 0 heterocycles. The smallest absolute Gasteiger partial charge is 0.136 e. The van der Waals surface area contributed by atoms with Crippen molar-refractivity contribution in [3.63, 3.8) is 0 Å². The minimum absolute atomic E-state index is 0.109. The fourth-order valence-electron chi connectivity index (χ4n) is 7.56. The highest BCUT2D eigenvalue weighted by Crippen LogP contribution is 2.69. The summed E-state index contributed by atoms with van der Waals surface area (Å²) in [6.07, 6.45) is 11.3. The maximum atomic E-state index is 12.5. The first kappa shape index (κ1) is 16.8. The van der Waals surface area contributed by atoms with Crippen LogP contribution in [0.4, 0.5) is 0 Å². The van der Waals surface area contributed by atoms with E-state index in [1.54, 1.807) is 5.57 Å². The molecule has 0 aliphatic heterocycles. The second kappa shape index (κ2) is 5.19. The molecule has 0 aromatic carbocycles. The van der Waals surface area contributed by atoms with E-state index in [9.17, 15) is 9.90 Å². The van der Waals surface area contributed by atoms with Gasteiger partial charge in [-0.25, -0.2) is 0 Å². The molecule has 4 rings (SSSR count). The van der Waals surface area contributed by atoms with Gasteiger partial charge < -0.3 is 5.11 Å². The third-order valence-corrected chi connectivity index (χ3v) is 9.47. The highest BCUT2D eigenvalue weighted by molar-refractivity contribution is 5.83. The molecular formula is C22H34O2. The van der Waals surface area contributed by atoms with E-state index in [1.165, 1.54) is 25.7 Å². The number of carbonyl (C=O) groups is 1. The molecular weight excluding hydrogens is 296 g/mol. The van der Waals surface area contributed by atoms with Crippen molar-refractivity contribution in [1.29, 1.82) is 0 Å². The predicted molar refractivity (Wildman–Crippen MR) is 96.5 cm³/mol. The van der Waals surface area contributed by atoms with Gasteiger partial charge in [0.15, 0.2) is 0 Å². The lowest BCUT2D eigenvalue weighted by molar-refractivity contribution is -0.138. The van der Waals surface area contributed by atoms with Crippen LogP contribution in [0.1, 0.15) is 79.1 Å². The number of aliphatic hydroxyl groups excluding tert-OH is 1. The summed E-state index contributed by atoms with van der Waals surface area (Å²) in [6.45, 7) is 8.98. The Kier molecular flexibility index (Phi) is 3.64. The molecule has 0 amide bonds. The molecule has 0 bridgehead atoms. The Bertz CT molecular complexity index is 593. The summed E-state index contributed by atoms with van der Waals surface area (Å²) < 4.78 is 0. The predicted octanol–water partition coefficient (Wildman–Crippen LogP) is 4.91. The molecule has 0 spiro atoms.